The lowest BCUT2D eigenvalue weighted by Gasteiger charge is -2.46. The van der Waals surface area contributed by atoms with E-state index in [9.17, 15) is 39.7 Å². The fraction of sp³-hybridized carbons (Fsp3) is 0.375. The zero-order valence-corrected chi connectivity index (χ0v) is 19.6. The number of aliphatic hydroxyl groups is 1. The van der Waals surface area contributed by atoms with Crippen molar-refractivity contribution in [1.29, 1.82) is 0 Å². The highest BCUT2D eigenvalue weighted by Gasteiger charge is 2.64. The quantitative estimate of drug-likeness (QED) is 0.275. The summed E-state index contributed by atoms with van der Waals surface area (Å²) in [6.07, 6.45) is -4.96. The average Bonchev–Trinajstić information content (AvgIpc) is 3.12. The number of phenolic OH excluding ortho intramolecular Hbond substituents is 1. The third-order valence-corrected chi connectivity index (χ3v) is 6.38. The molecule has 5 unspecified atom stereocenters. The van der Waals surface area contributed by atoms with Crippen molar-refractivity contribution >= 4 is 29.5 Å². The molecule has 0 bridgehead atoms. The third kappa shape index (κ3) is 3.52. The number of Topliss-reactive ketones (excluding diaryl/α,β-unsaturated/α-hetero) is 2. The largest absolute Gasteiger partial charge is 0.508 e. The van der Waals surface area contributed by atoms with Crippen LogP contribution < -0.4 is 5.11 Å². The number of ketones is 2. The highest BCUT2D eigenvalue weighted by molar-refractivity contribution is 6.31. The fourth-order valence-electron chi connectivity index (χ4n) is 5.13. The first-order valence-corrected chi connectivity index (χ1v) is 10.9. The van der Waals surface area contributed by atoms with Crippen LogP contribution in [0.15, 0.2) is 40.5 Å². The van der Waals surface area contributed by atoms with E-state index in [2.05, 4.69) is 0 Å². The Balaban J connectivity index is 2.07. The van der Waals surface area contributed by atoms with Crippen molar-refractivity contribution in [3.63, 3.8) is 0 Å². The Morgan fingerprint density at radius 1 is 0.972 bits per heavy atom. The van der Waals surface area contributed by atoms with Crippen LogP contribution in [-0.2, 0) is 28.6 Å². The summed E-state index contributed by atoms with van der Waals surface area (Å²) in [5.74, 6) is -4.70. The molecule has 0 aliphatic heterocycles. The van der Waals surface area contributed by atoms with Crippen LogP contribution in [0.1, 0.15) is 48.4 Å². The molecule has 1 aromatic carbocycles. The lowest BCUT2D eigenvalue weighted by atomic mass is 9.73. The van der Waals surface area contributed by atoms with E-state index in [4.69, 9.17) is 14.2 Å². The number of hydrogen-bond donors (Lipinski definition) is 3. The molecule has 3 aliphatic rings. The molecule has 1 aromatic rings. The Hall–Kier alpha value is -4.19. The van der Waals surface area contributed by atoms with E-state index in [1.165, 1.54) is 18.2 Å². The number of nitrogens with zero attached hydrogens (tertiary/aromatic N) is 1. The van der Waals surface area contributed by atoms with E-state index in [-0.39, 0.29) is 33.4 Å². The van der Waals surface area contributed by atoms with Crippen molar-refractivity contribution in [3.05, 3.63) is 57.1 Å². The predicted molar refractivity (Wildman–Crippen MR) is 116 cm³/mol. The smallest absolute Gasteiger partial charge is 0.303 e. The van der Waals surface area contributed by atoms with Crippen LogP contribution in [0.3, 0.4) is 0 Å². The Bertz CT molecular complexity index is 1320. The molecule has 0 spiro atoms. The van der Waals surface area contributed by atoms with Crippen molar-refractivity contribution in [2.24, 2.45) is 0 Å². The maximum Gasteiger partial charge on any atom is 0.303 e. The SMILES string of the molecule is CC(=O)OC1C2=C(C([NH+]=[N-])C3=C2C(=O)c2cccc(O)c2C3=O)C(OC(C)=O)C(C)(O)C1OC(C)=O. The van der Waals surface area contributed by atoms with Gasteiger partial charge in [-0.3, -0.25) is 24.0 Å². The molecule has 0 heterocycles. The molecule has 0 radical (unpaired) electrons. The van der Waals surface area contributed by atoms with Gasteiger partial charge in [-0.1, -0.05) is 12.1 Å². The molecule has 12 nitrogen and oxygen atoms in total. The molecule has 0 saturated carbocycles. The fourth-order valence-corrected chi connectivity index (χ4v) is 5.13. The van der Waals surface area contributed by atoms with Gasteiger partial charge in [-0.2, -0.15) is 0 Å². The van der Waals surface area contributed by atoms with Gasteiger partial charge < -0.3 is 35.1 Å². The summed E-state index contributed by atoms with van der Waals surface area (Å²) in [4.78, 5) is 63.3. The van der Waals surface area contributed by atoms with Gasteiger partial charge in [0, 0.05) is 37.5 Å². The number of carbonyl (C=O) groups is 5. The number of nitrogens with one attached hydrogen (secondary N) is 1. The van der Waals surface area contributed by atoms with Crippen LogP contribution in [0.5, 0.6) is 5.75 Å². The number of ether oxygens (including phenoxy) is 3. The molecule has 0 saturated heterocycles. The minimum atomic E-state index is -2.25. The lowest BCUT2D eigenvalue weighted by molar-refractivity contribution is -0.504. The summed E-state index contributed by atoms with van der Waals surface area (Å²) < 4.78 is 16.1. The van der Waals surface area contributed by atoms with Gasteiger partial charge in [-0.05, 0) is 13.0 Å². The maximum absolute atomic E-state index is 13.7. The molecular formula is C24H22N2O10. The van der Waals surface area contributed by atoms with Crippen molar-refractivity contribution in [2.75, 3.05) is 0 Å². The van der Waals surface area contributed by atoms with E-state index < -0.39 is 65.2 Å². The Kier molecular flexibility index (Phi) is 5.87. The molecule has 0 aromatic heterocycles. The molecule has 5 atom stereocenters. The first kappa shape index (κ1) is 24.9. The molecule has 0 amide bonds. The molecule has 0 fully saturated rings. The van der Waals surface area contributed by atoms with Crippen molar-refractivity contribution in [1.82, 2.24) is 0 Å². The zero-order valence-electron chi connectivity index (χ0n) is 19.6. The Morgan fingerprint density at radius 2 is 1.58 bits per heavy atom. The highest BCUT2D eigenvalue weighted by atomic mass is 16.6. The van der Waals surface area contributed by atoms with Crippen LogP contribution in [0.25, 0.3) is 5.53 Å². The van der Waals surface area contributed by atoms with Crippen LogP contribution in [0.4, 0.5) is 0 Å². The molecule has 12 heteroatoms. The summed E-state index contributed by atoms with van der Waals surface area (Å²) >= 11 is 0. The number of esters is 3. The van der Waals surface area contributed by atoms with E-state index >= 15 is 0 Å². The predicted octanol–water partition coefficient (Wildman–Crippen LogP) is -0.591. The van der Waals surface area contributed by atoms with Gasteiger partial charge in [-0.25, -0.2) is 0 Å². The number of rotatable bonds is 4. The maximum atomic E-state index is 13.7. The average molecular weight is 498 g/mol. The van der Waals surface area contributed by atoms with Crippen LogP contribution in [0.2, 0.25) is 0 Å². The summed E-state index contributed by atoms with van der Waals surface area (Å²) in [5, 5.41) is 23.7. The van der Waals surface area contributed by atoms with Gasteiger partial charge in [0.25, 0.3) is 0 Å². The third-order valence-electron chi connectivity index (χ3n) is 6.38. The molecule has 36 heavy (non-hydrogen) atoms. The lowest BCUT2D eigenvalue weighted by Crippen LogP contribution is -2.76. The van der Waals surface area contributed by atoms with Gasteiger partial charge in [0.05, 0.1) is 16.7 Å². The van der Waals surface area contributed by atoms with Gasteiger partial charge in [0.2, 0.25) is 5.78 Å². The minimum Gasteiger partial charge on any atom is -0.508 e. The number of carbonyl (C=O) groups excluding carboxylic acids is 5. The van der Waals surface area contributed by atoms with Crippen molar-refractivity contribution in [3.8, 4) is 5.75 Å². The first-order chi connectivity index (χ1) is 16.8. The monoisotopic (exact) mass is 498 g/mol. The van der Waals surface area contributed by atoms with E-state index in [1.807, 2.05) is 5.11 Å². The number of phenols is 1. The second-order valence-electron chi connectivity index (χ2n) is 8.85. The standard InChI is InChI=1S/C24H22N2O10/c1-8(27)34-21-15-14-16(20(32)13-11(19(14)31)6-5-7-12(13)30)18(26-25)17(15)22(35-9(2)28)24(4,33)23(21)36-10(3)29/h5-7,18,21-23,26,30,33H,1-4H3. The van der Waals surface area contributed by atoms with E-state index in [0.29, 0.717) is 0 Å². The highest BCUT2D eigenvalue weighted by Crippen LogP contribution is 2.50. The van der Waals surface area contributed by atoms with Crippen LogP contribution >= 0.6 is 0 Å². The van der Waals surface area contributed by atoms with Crippen molar-refractivity contribution < 1.29 is 53.5 Å². The Morgan fingerprint density at radius 3 is 2.14 bits per heavy atom. The summed E-state index contributed by atoms with van der Waals surface area (Å²) in [7, 11) is 0. The molecule has 3 aliphatic carbocycles. The number of fused-ring (bicyclic) bond motifs is 2. The van der Waals surface area contributed by atoms with Gasteiger partial charge in [0.1, 0.15) is 11.4 Å². The van der Waals surface area contributed by atoms with Crippen LogP contribution in [-0.4, -0.2) is 69.6 Å². The summed E-state index contributed by atoms with van der Waals surface area (Å²) in [5.41, 5.74) is 6.46. The second-order valence-corrected chi connectivity index (χ2v) is 8.85. The second kappa shape index (κ2) is 8.48. The number of aromatic hydroxyl groups is 1. The summed E-state index contributed by atoms with van der Waals surface area (Å²) in [6, 6.07) is 2.37. The topological polar surface area (TPSA) is 190 Å². The van der Waals surface area contributed by atoms with E-state index in [0.717, 1.165) is 27.7 Å². The van der Waals surface area contributed by atoms with E-state index in [1.54, 1.807) is 0 Å². The number of benzene rings is 1. The molecule has 4 rings (SSSR count). The number of hydrogen-bond acceptors (Lipinski definition) is 10. The van der Waals surface area contributed by atoms with Gasteiger partial charge in [-0.15, -0.1) is 0 Å². The zero-order chi connectivity index (χ0) is 26.7. The molecule has 3 N–H and O–H groups in total. The molecular weight excluding hydrogens is 476 g/mol. The van der Waals surface area contributed by atoms with Crippen LogP contribution in [0, 0.1) is 0 Å². The van der Waals surface area contributed by atoms with Gasteiger partial charge in [0.15, 0.2) is 30.1 Å². The Labute approximate surface area is 204 Å². The summed E-state index contributed by atoms with van der Waals surface area (Å²) in [6.45, 7) is 4.29. The normalized spacial score (nSPS) is 28.7. The minimum absolute atomic E-state index is 0.147. The first-order valence-electron chi connectivity index (χ1n) is 10.9. The van der Waals surface area contributed by atoms with Crippen molar-refractivity contribution in [2.45, 2.75) is 57.6 Å². The molecule has 188 valence electrons. The van der Waals surface area contributed by atoms with Gasteiger partial charge >= 0.3 is 17.9 Å².